The maximum Gasteiger partial charge on any atom is 0.251 e. The molecule has 0 radical (unpaired) electrons. The number of likely N-dealkylation sites (N-methyl/N-ethyl adjacent to an activating group) is 1. The standard InChI is InChI=1S/C20H28N4O2/c1-3-12-22-19(26)16-8-7-9-17(13-16)23-14-18(25)24(2)20(15-21)10-5-4-6-11-20/h7-9,13,23H,3-6,10-12,14H2,1-2H3,(H,22,26). The van der Waals surface area contributed by atoms with Gasteiger partial charge in [0.2, 0.25) is 5.91 Å². The van der Waals surface area contributed by atoms with E-state index in [9.17, 15) is 14.9 Å². The SMILES string of the molecule is CCCNC(=O)c1cccc(NCC(=O)N(C)C2(C#N)CCCCC2)c1. The molecule has 1 aromatic carbocycles. The molecule has 0 aromatic heterocycles. The van der Waals surface area contributed by atoms with Crippen molar-refractivity contribution in [3.05, 3.63) is 29.8 Å². The number of rotatable bonds is 7. The van der Waals surface area contributed by atoms with Crippen molar-refractivity contribution < 1.29 is 9.59 Å². The molecule has 0 atom stereocenters. The van der Waals surface area contributed by atoms with Crippen molar-refractivity contribution in [3.8, 4) is 6.07 Å². The molecule has 1 fully saturated rings. The van der Waals surface area contributed by atoms with Crippen LogP contribution in [-0.2, 0) is 4.79 Å². The second-order valence-electron chi connectivity index (χ2n) is 6.85. The topological polar surface area (TPSA) is 85.2 Å². The summed E-state index contributed by atoms with van der Waals surface area (Å²) in [7, 11) is 1.72. The lowest BCUT2D eigenvalue weighted by Gasteiger charge is -2.39. The lowest BCUT2D eigenvalue weighted by atomic mass is 9.81. The Morgan fingerprint density at radius 3 is 2.65 bits per heavy atom. The zero-order valence-corrected chi connectivity index (χ0v) is 15.7. The molecule has 26 heavy (non-hydrogen) atoms. The highest BCUT2D eigenvalue weighted by Gasteiger charge is 2.38. The van der Waals surface area contributed by atoms with E-state index < -0.39 is 5.54 Å². The first-order valence-electron chi connectivity index (χ1n) is 9.32. The monoisotopic (exact) mass is 356 g/mol. The zero-order valence-electron chi connectivity index (χ0n) is 15.7. The van der Waals surface area contributed by atoms with Gasteiger partial charge < -0.3 is 15.5 Å². The Labute approximate surface area is 155 Å². The van der Waals surface area contributed by atoms with Crippen molar-refractivity contribution in [1.82, 2.24) is 10.2 Å². The van der Waals surface area contributed by atoms with Gasteiger partial charge in [-0.25, -0.2) is 0 Å². The molecule has 0 bridgehead atoms. The average molecular weight is 356 g/mol. The lowest BCUT2D eigenvalue weighted by molar-refractivity contribution is -0.132. The first kappa shape index (κ1) is 19.8. The summed E-state index contributed by atoms with van der Waals surface area (Å²) in [5.41, 5.74) is 0.592. The van der Waals surface area contributed by atoms with E-state index in [1.165, 1.54) is 0 Å². The van der Waals surface area contributed by atoms with Gasteiger partial charge in [-0.1, -0.05) is 32.3 Å². The summed E-state index contributed by atoms with van der Waals surface area (Å²) in [6.07, 6.45) is 5.43. The number of hydrogen-bond donors (Lipinski definition) is 2. The second-order valence-corrected chi connectivity index (χ2v) is 6.85. The summed E-state index contributed by atoms with van der Waals surface area (Å²) in [6, 6.07) is 9.46. The summed E-state index contributed by atoms with van der Waals surface area (Å²) >= 11 is 0. The number of hydrogen-bond acceptors (Lipinski definition) is 4. The van der Waals surface area contributed by atoms with Gasteiger partial charge in [0.25, 0.3) is 5.91 Å². The zero-order chi connectivity index (χ0) is 19.0. The number of carbonyl (C=O) groups excluding carboxylic acids is 2. The molecule has 1 saturated carbocycles. The molecule has 1 aliphatic carbocycles. The molecule has 0 saturated heterocycles. The Hall–Kier alpha value is -2.55. The van der Waals surface area contributed by atoms with Gasteiger partial charge in [0.15, 0.2) is 0 Å². The van der Waals surface area contributed by atoms with Crippen LogP contribution in [0.3, 0.4) is 0 Å². The highest BCUT2D eigenvalue weighted by atomic mass is 16.2. The third kappa shape index (κ3) is 4.75. The molecule has 1 aromatic rings. The molecular weight excluding hydrogens is 328 g/mol. The van der Waals surface area contributed by atoms with Gasteiger partial charge in [-0.05, 0) is 37.5 Å². The summed E-state index contributed by atoms with van der Waals surface area (Å²) in [6.45, 7) is 2.73. The molecular formula is C20H28N4O2. The highest BCUT2D eigenvalue weighted by molar-refractivity contribution is 5.95. The van der Waals surface area contributed by atoms with Gasteiger partial charge in [-0.2, -0.15) is 5.26 Å². The van der Waals surface area contributed by atoms with Gasteiger partial charge in [-0.3, -0.25) is 9.59 Å². The minimum absolute atomic E-state index is 0.0972. The third-order valence-electron chi connectivity index (χ3n) is 5.01. The smallest absolute Gasteiger partial charge is 0.251 e. The van der Waals surface area contributed by atoms with E-state index >= 15 is 0 Å². The van der Waals surface area contributed by atoms with Crippen molar-refractivity contribution in [3.63, 3.8) is 0 Å². The number of amides is 2. The minimum atomic E-state index is -0.682. The van der Waals surface area contributed by atoms with Crippen LogP contribution in [0.1, 0.15) is 55.8 Å². The van der Waals surface area contributed by atoms with Crippen molar-refractivity contribution >= 4 is 17.5 Å². The largest absolute Gasteiger partial charge is 0.376 e. The van der Waals surface area contributed by atoms with E-state index in [0.29, 0.717) is 17.8 Å². The summed E-state index contributed by atoms with van der Waals surface area (Å²) in [4.78, 5) is 26.2. The predicted octanol–water partition coefficient (Wildman–Crippen LogP) is 2.92. The van der Waals surface area contributed by atoms with Crippen LogP contribution in [0.5, 0.6) is 0 Å². The molecule has 0 heterocycles. The fourth-order valence-electron chi connectivity index (χ4n) is 3.30. The van der Waals surface area contributed by atoms with Gasteiger partial charge in [0.1, 0.15) is 5.54 Å². The molecule has 1 aliphatic rings. The summed E-state index contributed by atoms with van der Waals surface area (Å²) in [5, 5.41) is 15.5. The molecule has 6 heteroatoms. The van der Waals surface area contributed by atoms with E-state index in [1.807, 2.05) is 13.0 Å². The maximum absolute atomic E-state index is 12.6. The fourth-order valence-corrected chi connectivity index (χ4v) is 3.30. The fraction of sp³-hybridized carbons (Fsp3) is 0.550. The van der Waals surface area contributed by atoms with Crippen LogP contribution in [0, 0.1) is 11.3 Å². The number of carbonyl (C=O) groups is 2. The number of benzene rings is 1. The van der Waals surface area contributed by atoms with E-state index in [-0.39, 0.29) is 18.4 Å². The van der Waals surface area contributed by atoms with Crippen molar-refractivity contribution in [2.75, 3.05) is 25.5 Å². The van der Waals surface area contributed by atoms with Crippen LogP contribution >= 0.6 is 0 Å². The molecule has 0 spiro atoms. The van der Waals surface area contributed by atoms with E-state index in [2.05, 4.69) is 16.7 Å². The van der Waals surface area contributed by atoms with Crippen molar-refractivity contribution in [1.29, 1.82) is 5.26 Å². The van der Waals surface area contributed by atoms with Crippen molar-refractivity contribution in [2.45, 2.75) is 51.0 Å². The Morgan fingerprint density at radius 1 is 1.27 bits per heavy atom. The van der Waals surface area contributed by atoms with Crippen LogP contribution in [0.4, 0.5) is 5.69 Å². The highest BCUT2D eigenvalue weighted by Crippen LogP contribution is 2.32. The Bertz CT molecular complexity index is 675. The molecule has 0 unspecified atom stereocenters. The van der Waals surface area contributed by atoms with Crippen LogP contribution in [0.25, 0.3) is 0 Å². The first-order valence-corrected chi connectivity index (χ1v) is 9.32. The number of nitrogens with zero attached hydrogens (tertiary/aromatic N) is 2. The summed E-state index contributed by atoms with van der Waals surface area (Å²) < 4.78 is 0. The number of nitrogens with one attached hydrogen (secondary N) is 2. The Balaban J connectivity index is 1.96. The molecule has 2 N–H and O–H groups in total. The Morgan fingerprint density at radius 2 is 2.00 bits per heavy atom. The first-order chi connectivity index (χ1) is 12.5. The van der Waals surface area contributed by atoms with Crippen LogP contribution < -0.4 is 10.6 Å². The molecule has 140 valence electrons. The molecule has 0 aliphatic heterocycles. The van der Waals surface area contributed by atoms with Gasteiger partial charge >= 0.3 is 0 Å². The lowest BCUT2D eigenvalue weighted by Crippen LogP contribution is -2.51. The van der Waals surface area contributed by atoms with Gasteiger partial charge in [0, 0.05) is 24.8 Å². The quantitative estimate of drug-likeness (QED) is 0.786. The van der Waals surface area contributed by atoms with Gasteiger partial charge in [-0.15, -0.1) is 0 Å². The van der Waals surface area contributed by atoms with E-state index in [1.54, 1.807) is 30.1 Å². The normalized spacial score (nSPS) is 15.6. The average Bonchev–Trinajstić information content (AvgIpc) is 2.70. The Kier molecular flexibility index (Phi) is 7.02. The molecule has 2 amide bonds. The molecule has 2 rings (SSSR count). The second kappa shape index (κ2) is 9.23. The van der Waals surface area contributed by atoms with Crippen LogP contribution in [0.2, 0.25) is 0 Å². The van der Waals surface area contributed by atoms with E-state index in [4.69, 9.17) is 0 Å². The molecule has 6 nitrogen and oxygen atoms in total. The van der Waals surface area contributed by atoms with E-state index in [0.717, 1.165) is 38.5 Å². The predicted molar refractivity (Wildman–Crippen MR) is 102 cm³/mol. The third-order valence-corrected chi connectivity index (χ3v) is 5.01. The van der Waals surface area contributed by atoms with Crippen molar-refractivity contribution in [2.24, 2.45) is 0 Å². The summed E-state index contributed by atoms with van der Waals surface area (Å²) in [5.74, 6) is -0.237. The van der Waals surface area contributed by atoms with Gasteiger partial charge in [0.05, 0.1) is 12.6 Å². The van der Waals surface area contributed by atoms with Crippen LogP contribution in [0.15, 0.2) is 24.3 Å². The minimum Gasteiger partial charge on any atom is -0.376 e. The number of nitriles is 1. The van der Waals surface area contributed by atoms with Crippen LogP contribution in [-0.4, -0.2) is 42.4 Å². The number of anilines is 1. The maximum atomic E-state index is 12.6.